The van der Waals surface area contributed by atoms with Crippen LogP contribution in [-0.4, -0.2) is 13.6 Å². The minimum Gasteiger partial charge on any atom is -0.395 e. The Morgan fingerprint density at radius 3 is 2.76 bits per heavy atom. The van der Waals surface area contributed by atoms with Gasteiger partial charge in [0.15, 0.2) is 5.82 Å². The normalized spacial score (nSPS) is 11.4. The van der Waals surface area contributed by atoms with Crippen LogP contribution >= 0.6 is 0 Å². The fourth-order valence-corrected chi connectivity index (χ4v) is 2.34. The molecule has 90 valence electrons. The van der Waals surface area contributed by atoms with Crippen molar-refractivity contribution < 1.29 is 17.3 Å². The van der Waals surface area contributed by atoms with Crippen LogP contribution < -0.4 is 10.5 Å². The van der Waals surface area contributed by atoms with Gasteiger partial charge in [-0.05, 0) is 12.1 Å². The molecule has 0 saturated heterocycles. The van der Waals surface area contributed by atoms with Gasteiger partial charge in [-0.25, -0.2) is 12.8 Å². The molecule has 0 amide bonds. The number of aromatic nitrogens is 1. The topological polar surface area (TPSA) is 98.2 Å². The van der Waals surface area contributed by atoms with Crippen molar-refractivity contribution in [1.29, 1.82) is 0 Å². The van der Waals surface area contributed by atoms with Crippen LogP contribution in [0.3, 0.4) is 0 Å². The summed E-state index contributed by atoms with van der Waals surface area (Å²) in [6.45, 7) is 0. The first-order valence-corrected chi connectivity index (χ1v) is 5.96. The van der Waals surface area contributed by atoms with Crippen molar-refractivity contribution in [2.75, 3.05) is 10.5 Å². The van der Waals surface area contributed by atoms with E-state index in [-0.39, 0.29) is 10.7 Å². The van der Waals surface area contributed by atoms with Crippen LogP contribution in [0, 0.1) is 5.82 Å². The van der Waals surface area contributed by atoms with Crippen LogP contribution in [-0.2, 0) is 10.0 Å². The van der Waals surface area contributed by atoms with E-state index >= 15 is 0 Å². The molecule has 0 aliphatic heterocycles. The summed E-state index contributed by atoms with van der Waals surface area (Å²) >= 11 is 0. The van der Waals surface area contributed by atoms with Crippen LogP contribution in [0.2, 0.25) is 0 Å². The standard InChI is InChI=1S/C9H8FN3O3S/c10-6-2-1-3-7(9(6)11)17(14,15)13-8-4-5-16-12-8/h1-5H,11H2,(H,12,13). The third kappa shape index (κ3) is 2.21. The van der Waals surface area contributed by atoms with Crippen molar-refractivity contribution >= 4 is 21.5 Å². The minimum atomic E-state index is -3.97. The lowest BCUT2D eigenvalue weighted by Gasteiger charge is -2.07. The maximum absolute atomic E-state index is 13.1. The number of benzene rings is 1. The highest BCUT2D eigenvalue weighted by atomic mass is 32.2. The van der Waals surface area contributed by atoms with E-state index in [0.29, 0.717) is 0 Å². The van der Waals surface area contributed by atoms with E-state index in [9.17, 15) is 12.8 Å². The molecule has 0 aliphatic rings. The quantitative estimate of drug-likeness (QED) is 0.805. The third-order valence-electron chi connectivity index (χ3n) is 1.98. The fourth-order valence-electron chi connectivity index (χ4n) is 1.21. The number of nitrogens with one attached hydrogen (secondary N) is 1. The number of hydrogen-bond acceptors (Lipinski definition) is 5. The largest absolute Gasteiger partial charge is 0.395 e. The average Bonchev–Trinajstić information content (AvgIpc) is 2.73. The maximum atomic E-state index is 13.1. The summed E-state index contributed by atoms with van der Waals surface area (Å²) < 4.78 is 43.4. The maximum Gasteiger partial charge on any atom is 0.265 e. The van der Waals surface area contributed by atoms with Crippen molar-refractivity contribution in [3.8, 4) is 0 Å². The third-order valence-corrected chi connectivity index (χ3v) is 3.39. The zero-order valence-corrected chi connectivity index (χ0v) is 9.24. The van der Waals surface area contributed by atoms with E-state index in [1.165, 1.54) is 24.5 Å². The van der Waals surface area contributed by atoms with E-state index in [1.807, 2.05) is 0 Å². The summed E-state index contributed by atoms with van der Waals surface area (Å²) in [5.74, 6) is -0.804. The lowest BCUT2D eigenvalue weighted by atomic mass is 10.3. The summed E-state index contributed by atoms with van der Waals surface area (Å²) in [5.41, 5.74) is 4.92. The van der Waals surface area contributed by atoms with Gasteiger partial charge in [-0.2, -0.15) is 0 Å². The summed E-state index contributed by atoms with van der Waals surface area (Å²) in [6, 6.07) is 4.83. The fraction of sp³-hybridized carbons (Fsp3) is 0. The molecule has 0 unspecified atom stereocenters. The van der Waals surface area contributed by atoms with Crippen LogP contribution in [0.4, 0.5) is 15.9 Å². The molecule has 1 aromatic heterocycles. The van der Waals surface area contributed by atoms with Crippen molar-refractivity contribution in [3.05, 3.63) is 36.3 Å². The molecule has 8 heteroatoms. The van der Waals surface area contributed by atoms with Crippen molar-refractivity contribution in [2.24, 2.45) is 0 Å². The first-order valence-electron chi connectivity index (χ1n) is 4.48. The zero-order chi connectivity index (χ0) is 12.5. The monoisotopic (exact) mass is 257 g/mol. The molecule has 0 atom stereocenters. The van der Waals surface area contributed by atoms with E-state index in [4.69, 9.17) is 5.73 Å². The summed E-state index contributed by atoms with van der Waals surface area (Å²) in [4.78, 5) is -0.347. The van der Waals surface area contributed by atoms with Crippen LogP contribution in [0.25, 0.3) is 0 Å². The summed E-state index contributed by atoms with van der Waals surface area (Å²) in [7, 11) is -3.97. The molecule has 2 rings (SSSR count). The van der Waals surface area contributed by atoms with E-state index < -0.39 is 21.5 Å². The van der Waals surface area contributed by atoms with Gasteiger partial charge in [0.25, 0.3) is 10.0 Å². The number of nitrogens with zero attached hydrogens (tertiary/aromatic N) is 1. The number of hydrogen-bond donors (Lipinski definition) is 2. The molecule has 0 radical (unpaired) electrons. The molecule has 3 N–H and O–H groups in total. The van der Waals surface area contributed by atoms with Gasteiger partial charge in [0.05, 0.1) is 5.69 Å². The van der Waals surface area contributed by atoms with Gasteiger partial charge in [0.2, 0.25) is 0 Å². The highest BCUT2D eigenvalue weighted by Gasteiger charge is 2.20. The Bertz CT molecular complexity index is 625. The Morgan fingerprint density at radius 2 is 2.12 bits per heavy atom. The summed E-state index contributed by atoms with van der Waals surface area (Å²) in [5, 5.41) is 3.38. The van der Waals surface area contributed by atoms with Crippen molar-refractivity contribution in [3.63, 3.8) is 0 Å². The molecule has 2 aromatic rings. The molecule has 0 bridgehead atoms. The predicted molar refractivity (Wildman–Crippen MR) is 58.1 cm³/mol. The molecule has 17 heavy (non-hydrogen) atoms. The van der Waals surface area contributed by atoms with Crippen LogP contribution in [0.1, 0.15) is 0 Å². The Morgan fingerprint density at radius 1 is 1.35 bits per heavy atom. The molecule has 0 aliphatic carbocycles. The predicted octanol–water partition coefficient (Wildman–Crippen LogP) is 1.20. The number of para-hydroxylation sites is 1. The van der Waals surface area contributed by atoms with E-state index in [2.05, 4.69) is 14.4 Å². The summed E-state index contributed by atoms with van der Waals surface area (Å²) in [6.07, 6.45) is 1.20. The average molecular weight is 257 g/mol. The molecule has 6 nitrogen and oxygen atoms in total. The van der Waals surface area contributed by atoms with Crippen molar-refractivity contribution in [1.82, 2.24) is 5.16 Å². The van der Waals surface area contributed by atoms with Gasteiger partial charge in [-0.3, -0.25) is 4.72 Å². The lowest BCUT2D eigenvalue weighted by Crippen LogP contribution is -2.15. The second kappa shape index (κ2) is 4.06. The molecular formula is C9H8FN3O3S. The minimum absolute atomic E-state index is 0.00587. The SMILES string of the molecule is Nc1c(F)cccc1S(=O)(=O)Nc1ccon1. The van der Waals surface area contributed by atoms with Crippen LogP contribution in [0.5, 0.6) is 0 Å². The molecule has 1 heterocycles. The van der Waals surface area contributed by atoms with E-state index in [0.717, 1.165) is 6.07 Å². The Labute approximate surface area is 96.3 Å². The van der Waals surface area contributed by atoms with Gasteiger partial charge < -0.3 is 10.3 Å². The smallest absolute Gasteiger partial charge is 0.265 e. The number of rotatable bonds is 3. The number of halogens is 1. The molecule has 0 fully saturated rings. The van der Waals surface area contributed by atoms with Crippen LogP contribution in [0.15, 0.2) is 39.9 Å². The van der Waals surface area contributed by atoms with Gasteiger partial charge >= 0.3 is 0 Å². The second-order valence-corrected chi connectivity index (χ2v) is 4.79. The molecule has 1 aromatic carbocycles. The first kappa shape index (κ1) is 11.4. The Hall–Kier alpha value is -2.09. The molecule has 0 spiro atoms. The second-order valence-electron chi connectivity index (χ2n) is 3.14. The number of nitrogen functional groups attached to an aromatic ring is 1. The molecular weight excluding hydrogens is 249 g/mol. The first-order chi connectivity index (χ1) is 8.00. The zero-order valence-electron chi connectivity index (χ0n) is 8.42. The van der Waals surface area contributed by atoms with Gasteiger partial charge in [0, 0.05) is 6.07 Å². The number of nitrogens with two attached hydrogens (primary N) is 1. The van der Waals surface area contributed by atoms with Gasteiger partial charge in [-0.1, -0.05) is 11.2 Å². The highest BCUT2D eigenvalue weighted by Crippen LogP contribution is 2.22. The number of anilines is 2. The highest BCUT2D eigenvalue weighted by molar-refractivity contribution is 7.92. The van der Waals surface area contributed by atoms with E-state index in [1.54, 1.807) is 0 Å². The van der Waals surface area contributed by atoms with Crippen molar-refractivity contribution in [2.45, 2.75) is 4.90 Å². The molecule has 0 saturated carbocycles. The Balaban J connectivity index is 2.42. The van der Waals surface area contributed by atoms with Gasteiger partial charge in [0.1, 0.15) is 17.0 Å². The lowest BCUT2D eigenvalue weighted by molar-refractivity contribution is 0.423. The number of sulfonamides is 1. The Kier molecular flexibility index (Phi) is 2.72. The van der Waals surface area contributed by atoms with Gasteiger partial charge in [-0.15, -0.1) is 0 Å².